The highest BCUT2D eigenvalue weighted by Crippen LogP contribution is 2.22. The van der Waals surface area contributed by atoms with Crippen LogP contribution in [-0.4, -0.2) is 42.3 Å². The van der Waals surface area contributed by atoms with Crippen molar-refractivity contribution in [2.24, 2.45) is 4.99 Å². The Morgan fingerprint density at radius 3 is 2.29 bits per heavy atom. The maximum absolute atomic E-state index is 12.5. The van der Waals surface area contributed by atoms with Gasteiger partial charge in [0, 0.05) is 46.7 Å². The molecule has 0 bridgehead atoms. The minimum absolute atomic E-state index is 0. The largest absolute Gasteiger partial charge is 0.356 e. The number of halogens is 1. The molecule has 0 aromatic heterocycles. The van der Waals surface area contributed by atoms with Crippen molar-refractivity contribution in [2.45, 2.75) is 32.5 Å². The van der Waals surface area contributed by atoms with Gasteiger partial charge in [0.1, 0.15) is 0 Å². The number of nitrogens with one attached hydrogen (secondary N) is 1. The number of rotatable bonds is 6. The molecule has 0 fully saturated rings. The molecule has 1 heterocycles. The van der Waals surface area contributed by atoms with E-state index < -0.39 is 0 Å². The van der Waals surface area contributed by atoms with Crippen LogP contribution in [0.5, 0.6) is 0 Å². The van der Waals surface area contributed by atoms with E-state index in [9.17, 15) is 4.79 Å². The minimum Gasteiger partial charge on any atom is -0.356 e. The zero-order chi connectivity index (χ0) is 19.1. The van der Waals surface area contributed by atoms with E-state index in [1.165, 1.54) is 16.7 Å². The van der Waals surface area contributed by atoms with Gasteiger partial charge in [-0.3, -0.25) is 9.79 Å². The van der Waals surface area contributed by atoms with Crippen molar-refractivity contribution in [1.29, 1.82) is 0 Å². The molecule has 150 valence electrons. The van der Waals surface area contributed by atoms with Crippen LogP contribution in [0, 0.1) is 0 Å². The first-order chi connectivity index (χ1) is 13.2. The lowest BCUT2D eigenvalue weighted by Gasteiger charge is -2.22. The number of guanidine groups is 1. The van der Waals surface area contributed by atoms with Crippen LogP contribution in [0.2, 0.25) is 0 Å². The predicted octanol–water partition coefficient (Wildman–Crippen LogP) is 3.63. The highest BCUT2D eigenvalue weighted by atomic mass is 127. The third kappa shape index (κ3) is 5.95. The summed E-state index contributed by atoms with van der Waals surface area (Å²) in [5, 5.41) is 3.36. The Morgan fingerprint density at radius 2 is 1.68 bits per heavy atom. The molecule has 1 aliphatic heterocycles. The summed E-state index contributed by atoms with van der Waals surface area (Å²) in [6.45, 7) is 3.01. The fourth-order valence-electron chi connectivity index (χ4n) is 3.42. The van der Waals surface area contributed by atoms with Crippen molar-refractivity contribution in [3.8, 4) is 0 Å². The van der Waals surface area contributed by atoms with Gasteiger partial charge in [0.15, 0.2) is 5.96 Å². The quantitative estimate of drug-likeness (QED) is 0.290. The first kappa shape index (κ1) is 22.2. The summed E-state index contributed by atoms with van der Waals surface area (Å²) in [5.74, 6) is 1.07. The second kappa shape index (κ2) is 11.0. The fourth-order valence-corrected chi connectivity index (χ4v) is 3.42. The lowest BCUT2D eigenvalue weighted by atomic mass is 10.1. The molecule has 0 aliphatic carbocycles. The Balaban J connectivity index is 0.00000280. The third-order valence-corrected chi connectivity index (χ3v) is 4.88. The van der Waals surface area contributed by atoms with Gasteiger partial charge in [-0.15, -0.1) is 24.0 Å². The minimum atomic E-state index is 0. The molecule has 0 saturated heterocycles. The molecule has 0 atom stereocenters. The highest BCUT2D eigenvalue weighted by molar-refractivity contribution is 14.0. The molecule has 0 saturated carbocycles. The SMILES string of the molecule is CN=C(NCCCC(=O)N1Cc2ccccc2C1)N(C)Cc1ccccc1.I. The van der Waals surface area contributed by atoms with Crippen LogP contribution in [0.1, 0.15) is 29.5 Å². The second-order valence-corrected chi connectivity index (χ2v) is 6.94. The van der Waals surface area contributed by atoms with Crippen LogP contribution in [0.25, 0.3) is 0 Å². The van der Waals surface area contributed by atoms with Crippen LogP contribution in [-0.2, 0) is 24.4 Å². The molecule has 2 aromatic rings. The van der Waals surface area contributed by atoms with Crippen molar-refractivity contribution in [1.82, 2.24) is 15.1 Å². The number of carbonyl (C=O) groups is 1. The van der Waals surface area contributed by atoms with E-state index in [1.807, 2.05) is 42.3 Å². The van der Waals surface area contributed by atoms with Crippen LogP contribution < -0.4 is 5.32 Å². The van der Waals surface area contributed by atoms with Gasteiger partial charge in [-0.25, -0.2) is 0 Å². The first-order valence-corrected chi connectivity index (χ1v) is 9.47. The van der Waals surface area contributed by atoms with Crippen molar-refractivity contribution in [3.63, 3.8) is 0 Å². The number of benzene rings is 2. The van der Waals surface area contributed by atoms with E-state index in [2.05, 4.69) is 39.5 Å². The molecule has 0 unspecified atom stereocenters. The molecule has 2 aromatic carbocycles. The molecule has 1 amide bonds. The Kier molecular flexibility index (Phi) is 8.76. The van der Waals surface area contributed by atoms with Crippen LogP contribution in [0.4, 0.5) is 0 Å². The number of nitrogens with zero attached hydrogens (tertiary/aromatic N) is 3. The number of hydrogen-bond donors (Lipinski definition) is 1. The molecule has 28 heavy (non-hydrogen) atoms. The standard InChI is InChI=1S/C22H28N4O.HI/c1-23-22(25(2)15-18-9-4-3-5-10-18)24-14-8-13-21(27)26-16-19-11-6-7-12-20(19)17-26;/h3-7,9-12H,8,13-17H2,1-2H3,(H,23,24);1H. The topological polar surface area (TPSA) is 47.9 Å². The second-order valence-electron chi connectivity index (χ2n) is 6.94. The van der Waals surface area contributed by atoms with Gasteiger partial charge in [-0.2, -0.15) is 0 Å². The molecular weight excluding hydrogens is 463 g/mol. The van der Waals surface area contributed by atoms with E-state index in [-0.39, 0.29) is 29.9 Å². The Labute approximate surface area is 184 Å². The van der Waals surface area contributed by atoms with Gasteiger partial charge in [-0.1, -0.05) is 54.6 Å². The lowest BCUT2D eigenvalue weighted by molar-refractivity contribution is -0.131. The number of hydrogen-bond acceptors (Lipinski definition) is 2. The van der Waals surface area contributed by atoms with E-state index >= 15 is 0 Å². The summed E-state index contributed by atoms with van der Waals surface area (Å²) in [4.78, 5) is 20.8. The van der Waals surface area contributed by atoms with Gasteiger partial charge in [0.05, 0.1) is 0 Å². The molecular formula is C22H29IN4O. The van der Waals surface area contributed by atoms with Gasteiger partial charge >= 0.3 is 0 Å². The van der Waals surface area contributed by atoms with Gasteiger partial charge in [-0.05, 0) is 23.1 Å². The Hall–Kier alpha value is -2.09. The van der Waals surface area contributed by atoms with E-state index in [1.54, 1.807) is 7.05 Å². The van der Waals surface area contributed by atoms with E-state index in [0.29, 0.717) is 6.42 Å². The lowest BCUT2D eigenvalue weighted by Crippen LogP contribution is -2.39. The fraction of sp³-hybridized carbons (Fsp3) is 0.364. The average Bonchev–Trinajstić information content (AvgIpc) is 3.13. The highest BCUT2D eigenvalue weighted by Gasteiger charge is 2.22. The van der Waals surface area contributed by atoms with E-state index in [4.69, 9.17) is 0 Å². The van der Waals surface area contributed by atoms with Crippen molar-refractivity contribution >= 4 is 35.8 Å². The summed E-state index contributed by atoms with van der Waals surface area (Å²) in [5.41, 5.74) is 3.78. The maximum atomic E-state index is 12.5. The van der Waals surface area contributed by atoms with Crippen LogP contribution >= 0.6 is 24.0 Å². The molecule has 5 nitrogen and oxygen atoms in total. The van der Waals surface area contributed by atoms with Gasteiger partial charge in [0.2, 0.25) is 5.91 Å². The average molecular weight is 492 g/mol. The summed E-state index contributed by atoms with van der Waals surface area (Å²) < 4.78 is 0. The maximum Gasteiger partial charge on any atom is 0.223 e. The molecule has 6 heteroatoms. The smallest absolute Gasteiger partial charge is 0.223 e. The summed E-state index contributed by atoms with van der Waals surface area (Å²) in [6.07, 6.45) is 1.35. The number of aliphatic imine (C=N–C) groups is 1. The molecule has 0 radical (unpaired) electrons. The number of amides is 1. The Morgan fingerprint density at radius 1 is 1.07 bits per heavy atom. The van der Waals surface area contributed by atoms with Crippen LogP contribution in [0.15, 0.2) is 59.6 Å². The molecule has 1 N–H and O–H groups in total. The number of carbonyl (C=O) groups excluding carboxylic acids is 1. The summed E-state index contributed by atoms with van der Waals surface area (Å²) in [7, 11) is 3.81. The van der Waals surface area contributed by atoms with Gasteiger partial charge in [0.25, 0.3) is 0 Å². The molecule has 1 aliphatic rings. The summed E-state index contributed by atoms with van der Waals surface area (Å²) in [6, 6.07) is 18.6. The van der Waals surface area contributed by atoms with Crippen molar-refractivity contribution in [2.75, 3.05) is 20.6 Å². The normalized spacial score (nSPS) is 12.9. The van der Waals surface area contributed by atoms with E-state index in [0.717, 1.165) is 38.6 Å². The molecule has 3 rings (SSSR count). The van der Waals surface area contributed by atoms with Gasteiger partial charge < -0.3 is 15.1 Å². The van der Waals surface area contributed by atoms with Crippen molar-refractivity contribution < 1.29 is 4.79 Å². The third-order valence-electron chi connectivity index (χ3n) is 4.88. The number of fused-ring (bicyclic) bond motifs is 1. The van der Waals surface area contributed by atoms with Crippen molar-refractivity contribution in [3.05, 3.63) is 71.3 Å². The molecule has 0 spiro atoms. The monoisotopic (exact) mass is 492 g/mol. The van der Waals surface area contributed by atoms with Crippen LogP contribution in [0.3, 0.4) is 0 Å². The zero-order valence-electron chi connectivity index (χ0n) is 16.6. The zero-order valence-corrected chi connectivity index (χ0v) is 18.9. The summed E-state index contributed by atoms with van der Waals surface area (Å²) >= 11 is 0. The predicted molar refractivity (Wildman–Crippen MR) is 125 cm³/mol. The first-order valence-electron chi connectivity index (χ1n) is 9.47. The Bertz CT molecular complexity index is 769.